The summed E-state index contributed by atoms with van der Waals surface area (Å²) in [6.07, 6.45) is 1.96. The van der Waals surface area contributed by atoms with Gasteiger partial charge in [-0.25, -0.2) is 4.98 Å². The number of allylic oxidation sites excluding steroid dienone is 1. The van der Waals surface area contributed by atoms with Gasteiger partial charge in [-0.05, 0) is 80.8 Å². The van der Waals surface area contributed by atoms with E-state index in [1.54, 1.807) is 11.3 Å². The number of fused-ring (bicyclic) bond motifs is 1. The summed E-state index contributed by atoms with van der Waals surface area (Å²) < 4.78 is 3.34. The number of nitriles is 1. The molecule has 3 nitrogen and oxygen atoms in total. The third-order valence-corrected chi connectivity index (χ3v) is 6.23. The molecule has 4 aromatic rings. The van der Waals surface area contributed by atoms with Crippen molar-refractivity contribution >= 4 is 33.2 Å². The Morgan fingerprint density at radius 1 is 1.04 bits per heavy atom. The Balaban J connectivity index is 1.80. The lowest BCUT2D eigenvalue weighted by atomic mass is 10.1. The minimum atomic E-state index is 0.599. The molecule has 0 aliphatic carbocycles. The van der Waals surface area contributed by atoms with Crippen LogP contribution in [0.4, 0.5) is 0 Å². The molecule has 0 atom stereocenters. The van der Waals surface area contributed by atoms with Gasteiger partial charge in [0.25, 0.3) is 0 Å². The number of aromatic nitrogens is 2. The molecule has 2 aromatic heterocycles. The van der Waals surface area contributed by atoms with E-state index in [1.165, 1.54) is 11.1 Å². The monoisotopic (exact) mass is 383 g/mol. The first-order valence-electron chi connectivity index (χ1n) is 9.22. The molecule has 4 heteroatoms. The summed E-state index contributed by atoms with van der Waals surface area (Å²) in [6, 6.07) is 19.0. The largest absolute Gasteiger partial charge is 0.318 e. The lowest BCUT2D eigenvalue weighted by Gasteiger charge is -2.11. The molecule has 0 radical (unpaired) electrons. The summed E-state index contributed by atoms with van der Waals surface area (Å²) in [7, 11) is 0. The molecule has 0 aliphatic rings. The molecule has 2 heterocycles. The predicted molar refractivity (Wildman–Crippen MR) is 118 cm³/mol. The van der Waals surface area contributed by atoms with Crippen molar-refractivity contribution in [3.05, 3.63) is 81.6 Å². The fourth-order valence-corrected chi connectivity index (χ4v) is 4.41. The van der Waals surface area contributed by atoms with E-state index >= 15 is 0 Å². The highest BCUT2D eigenvalue weighted by Crippen LogP contribution is 2.30. The standard InChI is InChI=1S/C24H21N3S/c1-15-9-10-21(11-16(15)2)27-17(3)12-19(18(27)4)13-20(14-25)24-26-22-7-5-6-8-23(22)28-24/h5-13H,1-4H3. The van der Waals surface area contributed by atoms with Gasteiger partial charge < -0.3 is 4.57 Å². The van der Waals surface area contributed by atoms with Crippen molar-refractivity contribution in [3.63, 3.8) is 0 Å². The van der Waals surface area contributed by atoms with Crippen LogP contribution < -0.4 is 0 Å². The molecule has 0 saturated heterocycles. The molecule has 0 fully saturated rings. The molecule has 138 valence electrons. The zero-order chi connectivity index (χ0) is 19.8. The van der Waals surface area contributed by atoms with Crippen LogP contribution in [-0.2, 0) is 0 Å². The van der Waals surface area contributed by atoms with E-state index in [0.717, 1.165) is 37.9 Å². The van der Waals surface area contributed by atoms with Crippen LogP contribution in [0.2, 0.25) is 0 Å². The predicted octanol–water partition coefficient (Wildman–Crippen LogP) is 6.38. The molecule has 0 bridgehead atoms. The van der Waals surface area contributed by atoms with E-state index in [0.29, 0.717) is 5.57 Å². The Morgan fingerprint density at radius 2 is 1.82 bits per heavy atom. The molecule has 0 N–H and O–H groups in total. The van der Waals surface area contributed by atoms with Crippen molar-refractivity contribution in [3.8, 4) is 11.8 Å². The van der Waals surface area contributed by atoms with Crippen LogP contribution in [0.25, 0.3) is 27.6 Å². The highest BCUT2D eigenvalue weighted by molar-refractivity contribution is 7.19. The van der Waals surface area contributed by atoms with Gasteiger partial charge in [-0.15, -0.1) is 11.3 Å². The number of hydrogen-bond donors (Lipinski definition) is 0. The van der Waals surface area contributed by atoms with Crippen molar-refractivity contribution < 1.29 is 0 Å². The quantitative estimate of drug-likeness (QED) is 0.385. The second kappa shape index (κ2) is 7.10. The number of aryl methyl sites for hydroxylation is 3. The van der Waals surface area contributed by atoms with Gasteiger partial charge in [0.2, 0.25) is 0 Å². The molecule has 0 spiro atoms. The number of hydrogen-bond acceptors (Lipinski definition) is 3. The summed E-state index contributed by atoms with van der Waals surface area (Å²) in [5.41, 5.74) is 8.56. The highest BCUT2D eigenvalue weighted by atomic mass is 32.1. The lowest BCUT2D eigenvalue weighted by Crippen LogP contribution is -2.00. The summed E-state index contributed by atoms with van der Waals surface area (Å²) in [5, 5.41) is 10.5. The van der Waals surface area contributed by atoms with Crippen molar-refractivity contribution in [1.82, 2.24) is 9.55 Å². The average Bonchev–Trinajstić information content (AvgIpc) is 3.23. The first-order valence-corrected chi connectivity index (χ1v) is 10.0. The zero-order valence-corrected chi connectivity index (χ0v) is 17.3. The van der Waals surface area contributed by atoms with E-state index in [1.807, 2.05) is 30.3 Å². The van der Waals surface area contributed by atoms with Crippen LogP contribution >= 0.6 is 11.3 Å². The van der Waals surface area contributed by atoms with Gasteiger partial charge in [0, 0.05) is 17.1 Å². The van der Waals surface area contributed by atoms with Gasteiger partial charge in [-0.2, -0.15) is 5.26 Å². The Kier molecular flexibility index (Phi) is 4.62. The third-order valence-electron chi connectivity index (χ3n) is 5.16. The van der Waals surface area contributed by atoms with Crippen molar-refractivity contribution in [2.24, 2.45) is 0 Å². The molecule has 0 saturated carbocycles. The van der Waals surface area contributed by atoms with Gasteiger partial charge in [0.1, 0.15) is 11.1 Å². The van der Waals surface area contributed by atoms with Gasteiger partial charge in [0.15, 0.2) is 0 Å². The second-order valence-corrected chi connectivity index (χ2v) is 8.12. The number of thiazole rings is 1. The van der Waals surface area contributed by atoms with Gasteiger partial charge in [0.05, 0.1) is 15.8 Å². The minimum Gasteiger partial charge on any atom is -0.318 e. The fraction of sp³-hybridized carbons (Fsp3) is 0.167. The highest BCUT2D eigenvalue weighted by Gasteiger charge is 2.13. The number of rotatable bonds is 3. The Morgan fingerprint density at radius 3 is 2.54 bits per heavy atom. The molecule has 0 aliphatic heterocycles. The van der Waals surface area contributed by atoms with E-state index in [2.05, 4.69) is 67.6 Å². The first-order chi connectivity index (χ1) is 13.5. The van der Waals surface area contributed by atoms with Crippen LogP contribution in [-0.4, -0.2) is 9.55 Å². The fourth-order valence-electron chi connectivity index (χ4n) is 3.48. The molecule has 4 rings (SSSR count). The molecule has 0 unspecified atom stereocenters. The van der Waals surface area contributed by atoms with Crippen molar-refractivity contribution in [2.75, 3.05) is 0 Å². The van der Waals surface area contributed by atoms with E-state index in [4.69, 9.17) is 0 Å². The van der Waals surface area contributed by atoms with Crippen molar-refractivity contribution in [1.29, 1.82) is 5.26 Å². The third kappa shape index (κ3) is 3.15. The van der Waals surface area contributed by atoms with Crippen LogP contribution in [0.5, 0.6) is 0 Å². The summed E-state index contributed by atoms with van der Waals surface area (Å²) in [5.74, 6) is 0. The van der Waals surface area contributed by atoms with Gasteiger partial charge in [-0.3, -0.25) is 0 Å². The topological polar surface area (TPSA) is 41.6 Å². The Hall–Kier alpha value is -3.16. The number of nitrogens with zero attached hydrogens (tertiary/aromatic N) is 3. The van der Waals surface area contributed by atoms with Crippen molar-refractivity contribution in [2.45, 2.75) is 27.7 Å². The van der Waals surface area contributed by atoms with Crippen LogP contribution in [0.1, 0.15) is 33.1 Å². The first kappa shape index (κ1) is 18.2. The summed E-state index contributed by atoms with van der Waals surface area (Å²) in [6.45, 7) is 8.46. The smallest absolute Gasteiger partial charge is 0.135 e. The Bertz CT molecular complexity index is 1230. The zero-order valence-electron chi connectivity index (χ0n) is 16.4. The normalized spacial score (nSPS) is 11.8. The maximum atomic E-state index is 9.76. The summed E-state index contributed by atoms with van der Waals surface area (Å²) >= 11 is 1.56. The lowest BCUT2D eigenvalue weighted by molar-refractivity contribution is 0.961. The van der Waals surface area contributed by atoms with E-state index < -0.39 is 0 Å². The van der Waals surface area contributed by atoms with Gasteiger partial charge >= 0.3 is 0 Å². The van der Waals surface area contributed by atoms with Crippen LogP contribution in [0.15, 0.2) is 48.5 Å². The van der Waals surface area contributed by atoms with E-state index in [-0.39, 0.29) is 0 Å². The van der Waals surface area contributed by atoms with E-state index in [9.17, 15) is 5.26 Å². The Labute approximate surface area is 169 Å². The maximum absolute atomic E-state index is 9.76. The minimum absolute atomic E-state index is 0.599. The number of benzene rings is 2. The van der Waals surface area contributed by atoms with Gasteiger partial charge in [-0.1, -0.05) is 18.2 Å². The maximum Gasteiger partial charge on any atom is 0.135 e. The average molecular weight is 384 g/mol. The molecular weight excluding hydrogens is 362 g/mol. The molecule has 0 amide bonds. The summed E-state index contributed by atoms with van der Waals surface area (Å²) in [4.78, 5) is 4.64. The number of para-hydroxylation sites is 1. The van der Waals surface area contributed by atoms with Crippen LogP contribution in [0, 0.1) is 39.0 Å². The van der Waals surface area contributed by atoms with Crippen LogP contribution in [0.3, 0.4) is 0 Å². The SMILES string of the molecule is Cc1ccc(-n2c(C)cc(C=C(C#N)c3nc4ccccc4s3)c2C)cc1C. The second-order valence-electron chi connectivity index (χ2n) is 7.09. The molecule has 2 aromatic carbocycles. The molecular formula is C24H21N3S. The molecule has 28 heavy (non-hydrogen) atoms.